The molecule has 94 valence electrons. The van der Waals surface area contributed by atoms with Crippen molar-refractivity contribution in [2.24, 2.45) is 0 Å². The monoisotopic (exact) mass is 327 g/mol. The quantitative estimate of drug-likeness (QED) is 0.912. The first-order chi connectivity index (χ1) is 8.66. The van der Waals surface area contributed by atoms with Crippen LogP contribution in [0.1, 0.15) is 15.2 Å². The van der Waals surface area contributed by atoms with Crippen LogP contribution in [0, 0.1) is 5.82 Å². The molecule has 2 nitrogen and oxygen atoms in total. The lowest BCUT2D eigenvalue weighted by Gasteiger charge is -2.05. The van der Waals surface area contributed by atoms with Gasteiger partial charge in [0.25, 0.3) is 5.91 Å². The Kier molecular flexibility index (Phi) is 4.49. The van der Waals surface area contributed by atoms with E-state index in [0.29, 0.717) is 16.6 Å². The SMILES string of the molecule is O=C(NCCc1cccs1)c1ccc(F)c(Br)c1. The number of hydrogen-bond acceptors (Lipinski definition) is 2. The molecule has 2 rings (SSSR count). The third-order valence-corrected chi connectivity index (χ3v) is 3.96. The van der Waals surface area contributed by atoms with Crippen molar-refractivity contribution in [2.75, 3.05) is 6.54 Å². The van der Waals surface area contributed by atoms with Gasteiger partial charge in [0.1, 0.15) is 5.82 Å². The molecular formula is C13H11BrFNOS. The maximum absolute atomic E-state index is 13.0. The topological polar surface area (TPSA) is 29.1 Å². The molecule has 1 amide bonds. The molecule has 0 aliphatic carbocycles. The molecule has 0 fully saturated rings. The van der Waals surface area contributed by atoms with Gasteiger partial charge in [0, 0.05) is 17.0 Å². The van der Waals surface area contributed by atoms with E-state index in [-0.39, 0.29) is 11.7 Å². The van der Waals surface area contributed by atoms with Crippen LogP contribution in [0.2, 0.25) is 0 Å². The lowest BCUT2D eigenvalue weighted by Crippen LogP contribution is -2.25. The van der Waals surface area contributed by atoms with Crippen LogP contribution >= 0.6 is 27.3 Å². The Morgan fingerprint density at radius 1 is 1.39 bits per heavy atom. The molecule has 5 heteroatoms. The van der Waals surface area contributed by atoms with E-state index in [1.165, 1.54) is 23.1 Å². The van der Waals surface area contributed by atoms with Gasteiger partial charge in [-0.3, -0.25) is 4.79 Å². The Balaban J connectivity index is 1.89. The van der Waals surface area contributed by atoms with Crippen molar-refractivity contribution >= 4 is 33.2 Å². The van der Waals surface area contributed by atoms with Crippen molar-refractivity contribution in [3.8, 4) is 0 Å². The molecule has 1 heterocycles. The van der Waals surface area contributed by atoms with E-state index < -0.39 is 0 Å². The summed E-state index contributed by atoms with van der Waals surface area (Å²) < 4.78 is 13.3. The third kappa shape index (κ3) is 3.40. The second-order valence-corrected chi connectivity index (χ2v) is 5.60. The molecule has 0 aliphatic rings. The minimum Gasteiger partial charge on any atom is -0.352 e. The summed E-state index contributed by atoms with van der Waals surface area (Å²) in [5.41, 5.74) is 0.453. The van der Waals surface area contributed by atoms with Crippen LogP contribution in [0.4, 0.5) is 4.39 Å². The van der Waals surface area contributed by atoms with Gasteiger partial charge in [-0.2, -0.15) is 0 Å². The largest absolute Gasteiger partial charge is 0.352 e. The molecule has 0 saturated heterocycles. The summed E-state index contributed by atoms with van der Waals surface area (Å²) in [4.78, 5) is 13.0. The first-order valence-electron chi connectivity index (χ1n) is 5.42. The predicted octanol–water partition coefficient (Wildman–Crippen LogP) is 3.62. The van der Waals surface area contributed by atoms with E-state index in [9.17, 15) is 9.18 Å². The van der Waals surface area contributed by atoms with Crippen molar-refractivity contribution in [2.45, 2.75) is 6.42 Å². The Morgan fingerprint density at radius 2 is 2.22 bits per heavy atom. The van der Waals surface area contributed by atoms with E-state index in [1.807, 2.05) is 17.5 Å². The molecule has 0 spiro atoms. The van der Waals surface area contributed by atoms with Crippen LogP contribution in [-0.2, 0) is 6.42 Å². The summed E-state index contributed by atoms with van der Waals surface area (Å²) >= 11 is 4.73. The number of hydrogen-bond donors (Lipinski definition) is 1. The Bertz CT molecular complexity index is 542. The van der Waals surface area contributed by atoms with Crippen molar-refractivity contribution < 1.29 is 9.18 Å². The summed E-state index contributed by atoms with van der Waals surface area (Å²) in [5.74, 6) is -0.558. The van der Waals surface area contributed by atoms with Gasteiger partial charge < -0.3 is 5.32 Å². The van der Waals surface area contributed by atoms with Gasteiger partial charge in [-0.1, -0.05) is 6.07 Å². The molecule has 1 aromatic heterocycles. The van der Waals surface area contributed by atoms with Gasteiger partial charge in [0.05, 0.1) is 4.47 Å². The number of benzene rings is 1. The Hall–Kier alpha value is -1.20. The molecule has 0 saturated carbocycles. The number of amides is 1. The number of halogens is 2. The van der Waals surface area contributed by atoms with Crippen molar-refractivity contribution in [1.29, 1.82) is 0 Å². The molecule has 2 aromatic rings. The predicted molar refractivity (Wildman–Crippen MR) is 74.5 cm³/mol. The highest BCUT2D eigenvalue weighted by Gasteiger charge is 2.07. The molecule has 0 radical (unpaired) electrons. The lowest BCUT2D eigenvalue weighted by molar-refractivity contribution is 0.0954. The number of carbonyl (C=O) groups excluding carboxylic acids is 1. The lowest BCUT2D eigenvalue weighted by atomic mass is 10.2. The number of rotatable bonds is 4. The van der Waals surface area contributed by atoms with Crippen LogP contribution in [0.5, 0.6) is 0 Å². The van der Waals surface area contributed by atoms with Crippen molar-refractivity contribution in [3.05, 3.63) is 56.4 Å². The molecule has 0 bridgehead atoms. The van der Waals surface area contributed by atoms with Crippen LogP contribution in [0.15, 0.2) is 40.2 Å². The summed E-state index contributed by atoms with van der Waals surface area (Å²) in [5, 5.41) is 4.82. The second kappa shape index (κ2) is 6.11. The highest BCUT2D eigenvalue weighted by atomic mass is 79.9. The summed E-state index contributed by atoms with van der Waals surface area (Å²) in [6.45, 7) is 0.578. The smallest absolute Gasteiger partial charge is 0.251 e. The zero-order valence-corrected chi connectivity index (χ0v) is 11.9. The minimum absolute atomic E-state index is 0.188. The molecule has 1 aromatic carbocycles. The summed E-state index contributed by atoms with van der Waals surface area (Å²) in [6, 6.07) is 8.25. The van der Waals surface area contributed by atoms with E-state index in [2.05, 4.69) is 21.2 Å². The molecule has 0 aliphatic heterocycles. The first kappa shape index (κ1) is 13.2. The van der Waals surface area contributed by atoms with E-state index in [0.717, 1.165) is 6.42 Å². The van der Waals surface area contributed by atoms with Crippen LogP contribution in [0.3, 0.4) is 0 Å². The van der Waals surface area contributed by atoms with Crippen LogP contribution in [0.25, 0.3) is 0 Å². The Labute approximate surface area is 117 Å². The second-order valence-electron chi connectivity index (χ2n) is 3.71. The third-order valence-electron chi connectivity index (χ3n) is 2.42. The Morgan fingerprint density at radius 3 is 2.89 bits per heavy atom. The zero-order valence-electron chi connectivity index (χ0n) is 9.45. The highest BCUT2D eigenvalue weighted by Crippen LogP contribution is 2.16. The number of thiophene rings is 1. The van der Waals surface area contributed by atoms with E-state index in [1.54, 1.807) is 11.3 Å². The average molecular weight is 328 g/mol. The molecule has 0 unspecified atom stereocenters. The summed E-state index contributed by atoms with van der Waals surface area (Å²) in [7, 11) is 0. The number of carbonyl (C=O) groups is 1. The fourth-order valence-corrected chi connectivity index (χ4v) is 2.58. The summed E-state index contributed by atoms with van der Waals surface area (Å²) in [6.07, 6.45) is 0.811. The van der Waals surface area contributed by atoms with Gasteiger partial charge in [0.2, 0.25) is 0 Å². The molecule has 18 heavy (non-hydrogen) atoms. The van der Waals surface area contributed by atoms with E-state index in [4.69, 9.17) is 0 Å². The van der Waals surface area contributed by atoms with E-state index >= 15 is 0 Å². The highest BCUT2D eigenvalue weighted by molar-refractivity contribution is 9.10. The van der Waals surface area contributed by atoms with Crippen LogP contribution < -0.4 is 5.32 Å². The molecule has 0 atom stereocenters. The minimum atomic E-state index is -0.370. The van der Waals surface area contributed by atoms with Gasteiger partial charge in [0.15, 0.2) is 0 Å². The van der Waals surface area contributed by atoms with Crippen molar-refractivity contribution in [1.82, 2.24) is 5.32 Å². The first-order valence-corrected chi connectivity index (χ1v) is 7.10. The van der Waals surface area contributed by atoms with Gasteiger partial charge in [-0.05, 0) is 52.0 Å². The number of nitrogens with one attached hydrogen (secondary N) is 1. The van der Waals surface area contributed by atoms with Crippen LogP contribution in [-0.4, -0.2) is 12.5 Å². The van der Waals surface area contributed by atoms with Crippen molar-refractivity contribution in [3.63, 3.8) is 0 Å². The van der Waals surface area contributed by atoms with Gasteiger partial charge >= 0.3 is 0 Å². The fourth-order valence-electron chi connectivity index (χ4n) is 1.49. The fraction of sp³-hybridized carbons (Fsp3) is 0.154. The van der Waals surface area contributed by atoms with Gasteiger partial charge in [-0.15, -0.1) is 11.3 Å². The molecular weight excluding hydrogens is 317 g/mol. The standard InChI is InChI=1S/C13H11BrFNOS/c14-11-8-9(3-4-12(11)15)13(17)16-6-5-10-2-1-7-18-10/h1-4,7-8H,5-6H2,(H,16,17). The van der Waals surface area contributed by atoms with Gasteiger partial charge in [-0.25, -0.2) is 4.39 Å². The normalized spacial score (nSPS) is 10.3. The maximum atomic E-state index is 13.0. The molecule has 1 N–H and O–H groups in total. The zero-order chi connectivity index (χ0) is 13.0. The average Bonchev–Trinajstić information content (AvgIpc) is 2.85. The maximum Gasteiger partial charge on any atom is 0.251 e.